The maximum atomic E-state index is 10.4. The van der Waals surface area contributed by atoms with Crippen LogP contribution in [0.4, 0.5) is 0 Å². The number of nitrogens with one attached hydrogen (secondary N) is 1. The SMILES string of the molecule is O=c1nc(Br)nc(Br)[nH]1. The quantitative estimate of drug-likeness (QED) is 0.741. The first-order valence-corrected chi connectivity index (χ1v) is 3.56. The Morgan fingerprint density at radius 2 is 2.00 bits per heavy atom. The number of nitrogens with zero attached hydrogens (tertiary/aromatic N) is 2. The van der Waals surface area contributed by atoms with E-state index in [2.05, 4.69) is 46.8 Å². The lowest BCUT2D eigenvalue weighted by Crippen LogP contribution is -2.11. The maximum Gasteiger partial charge on any atom is 0.349 e. The van der Waals surface area contributed by atoms with Crippen molar-refractivity contribution in [3.8, 4) is 0 Å². The van der Waals surface area contributed by atoms with E-state index in [0.717, 1.165) is 0 Å². The summed E-state index contributed by atoms with van der Waals surface area (Å²) >= 11 is 5.92. The summed E-state index contributed by atoms with van der Waals surface area (Å²) in [7, 11) is 0. The molecule has 48 valence electrons. The normalized spacial score (nSPS) is 9.56. The van der Waals surface area contributed by atoms with Crippen molar-refractivity contribution in [2.45, 2.75) is 0 Å². The van der Waals surface area contributed by atoms with Crippen LogP contribution in [0.25, 0.3) is 0 Å². The summed E-state index contributed by atoms with van der Waals surface area (Å²) < 4.78 is 0.646. The van der Waals surface area contributed by atoms with Gasteiger partial charge < -0.3 is 0 Å². The van der Waals surface area contributed by atoms with Gasteiger partial charge in [-0.15, -0.1) is 0 Å². The third kappa shape index (κ3) is 1.87. The van der Waals surface area contributed by atoms with Crippen LogP contribution in [0.5, 0.6) is 0 Å². The van der Waals surface area contributed by atoms with Crippen LogP contribution < -0.4 is 5.69 Å². The van der Waals surface area contributed by atoms with E-state index in [0.29, 0.717) is 4.73 Å². The molecule has 0 aliphatic carbocycles. The predicted octanol–water partition coefficient (Wildman–Crippen LogP) is 0.690. The summed E-state index contributed by atoms with van der Waals surface area (Å²) in [6.07, 6.45) is 0. The molecule has 4 nitrogen and oxygen atoms in total. The van der Waals surface area contributed by atoms with Crippen molar-refractivity contribution in [3.63, 3.8) is 0 Å². The third-order valence-electron chi connectivity index (χ3n) is 0.594. The first kappa shape index (κ1) is 6.88. The van der Waals surface area contributed by atoms with Gasteiger partial charge in [0, 0.05) is 0 Å². The molecule has 9 heavy (non-hydrogen) atoms. The fourth-order valence-electron chi connectivity index (χ4n) is 0.334. The Hall–Kier alpha value is -0.230. The molecule has 1 aromatic heterocycles. The molecule has 1 heterocycles. The first-order chi connectivity index (χ1) is 4.18. The van der Waals surface area contributed by atoms with Crippen LogP contribution >= 0.6 is 31.9 Å². The molecule has 1 N–H and O–H groups in total. The van der Waals surface area contributed by atoms with Gasteiger partial charge in [-0.1, -0.05) is 0 Å². The Kier molecular flexibility index (Phi) is 1.97. The summed E-state index contributed by atoms with van der Waals surface area (Å²) in [6, 6.07) is 0. The van der Waals surface area contributed by atoms with Crippen molar-refractivity contribution in [3.05, 3.63) is 20.0 Å². The van der Waals surface area contributed by atoms with Gasteiger partial charge in [-0.2, -0.15) is 9.97 Å². The molecule has 0 radical (unpaired) electrons. The van der Waals surface area contributed by atoms with E-state index in [1.165, 1.54) is 0 Å². The lowest BCUT2D eigenvalue weighted by molar-refractivity contribution is 0.923. The van der Waals surface area contributed by atoms with E-state index in [4.69, 9.17) is 0 Å². The fourth-order valence-corrected chi connectivity index (χ4v) is 1.25. The predicted molar refractivity (Wildman–Crippen MR) is 38.1 cm³/mol. The van der Waals surface area contributed by atoms with E-state index < -0.39 is 5.69 Å². The lowest BCUT2D eigenvalue weighted by atomic mass is 11.1. The zero-order valence-electron chi connectivity index (χ0n) is 4.06. The van der Waals surface area contributed by atoms with Crippen LogP contribution in [-0.2, 0) is 0 Å². The molecule has 0 bridgehead atoms. The molecule has 1 rings (SSSR count). The molecule has 0 atom stereocenters. The number of rotatable bonds is 0. The van der Waals surface area contributed by atoms with Crippen molar-refractivity contribution in [2.75, 3.05) is 0 Å². The van der Waals surface area contributed by atoms with Crippen LogP contribution in [0.15, 0.2) is 14.3 Å². The molecule has 0 saturated carbocycles. The van der Waals surface area contributed by atoms with Crippen LogP contribution in [0, 0.1) is 0 Å². The van der Waals surface area contributed by atoms with Gasteiger partial charge in [-0.25, -0.2) is 4.79 Å². The molecule has 0 unspecified atom stereocenters. The van der Waals surface area contributed by atoms with E-state index >= 15 is 0 Å². The summed E-state index contributed by atoms with van der Waals surface area (Å²) in [5.41, 5.74) is -0.427. The summed E-state index contributed by atoms with van der Waals surface area (Å²) in [5, 5.41) is 0. The van der Waals surface area contributed by atoms with Crippen LogP contribution in [0.3, 0.4) is 0 Å². The lowest BCUT2D eigenvalue weighted by Gasteiger charge is -1.86. The van der Waals surface area contributed by atoms with E-state index in [1.807, 2.05) is 0 Å². The highest BCUT2D eigenvalue weighted by Crippen LogP contribution is 2.01. The zero-order chi connectivity index (χ0) is 6.85. The molecule has 0 aliphatic rings. The van der Waals surface area contributed by atoms with Gasteiger partial charge in [0.2, 0.25) is 4.73 Å². The van der Waals surface area contributed by atoms with Gasteiger partial charge in [-0.05, 0) is 31.9 Å². The highest BCUT2D eigenvalue weighted by atomic mass is 79.9. The topological polar surface area (TPSA) is 58.6 Å². The Balaban J connectivity index is 3.33. The second-order valence-corrected chi connectivity index (χ2v) is 2.67. The molecule has 6 heteroatoms. The number of aromatic nitrogens is 3. The monoisotopic (exact) mass is 253 g/mol. The molecule has 0 fully saturated rings. The van der Waals surface area contributed by atoms with Gasteiger partial charge in [0.15, 0.2) is 4.73 Å². The molecular formula is C3HBr2N3O. The highest BCUT2D eigenvalue weighted by molar-refractivity contribution is 9.11. The highest BCUT2D eigenvalue weighted by Gasteiger charge is 1.93. The minimum Gasteiger partial charge on any atom is -0.284 e. The molecule has 0 spiro atoms. The van der Waals surface area contributed by atoms with Crippen molar-refractivity contribution >= 4 is 31.9 Å². The fraction of sp³-hybridized carbons (Fsp3) is 0. The van der Waals surface area contributed by atoms with Crippen molar-refractivity contribution < 1.29 is 0 Å². The minimum atomic E-state index is -0.427. The second-order valence-electron chi connectivity index (χ2n) is 1.21. The van der Waals surface area contributed by atoms with E-state index in [9.17, 15) is 4.79 Å². The van der Waals surface area contributed by atoms with Gasteiger partial charge in [0.1, 0.15) is 0 Å². The minimum absolute atomic E-state index is 0.276. The number of halogens is 2. The van der Waals surface area contributed by atoms with Crippen molar-refractivity contribution in [2.24, 2.45) is 0 Å². The Bertz CT molecular complexity index is 247. The van der Waals surface area contributed by atoms with E-state index in [-0.39, 0.29) is 4.73 Å². The Morgan fingerprint density at radius 1 is 1.33 bits per heavy atom. The largest absolute Gasteiger partial charge is 0.349 e. The van der Waals surface area contributed by atoms with Gasteiger partial charge >= 0.3 is 5.69 Å². The summed E-state index contributed by atoms with van der Waals surface area (Å²) in [5.74, 6) is 0. The number of hydrogen-bond acceptors (Lipinski definition) is 3. The average molecular weight is 255 g/mol. The summed E-state index contributed by atoms with van der Waals surface area (Å²) in [6.45, 7) is 0. The zero-order valence-corrected chi connectivity index (χ0v) is 7.23. The van der Waals surface area contributed by atoms with Crippen LogP contribution in [0.2, 0.25) is 0 Å². The molecule has 0 aromatic carbocycles. The number of H-pyrrole nitrogens is 1. The number of hydrogen-bond donors (Lipinski definition) is 1. The standard InChI is InChI=1S/C3HBr2N3O/c4-1-6-2(5)8-3(9)7-1/h(H,6,7,8,9). The van der Waals surface area contributed by atoms with Gasteiger partial charge in [0.25, 0.3) is 0 Å². The van der Waals surface area contributed by atoms with Crippen LogP contribution in [-0.4, -0.2) is 15.0 Å². The van der Waals surface area contributed by atoms with Crippen molar-refractivity contribution in [1.82, 2.24) is 15.0 Å². The maximum absolute atomic E-state index is 10.4. The van der Waals surface area contributed by atoms with Crippen molar-refractivity contribution in [1.29, 1.82) is 0 Å². The molecule has 1 aromatic rings. The molecular weight excluding hydrogens is 254 g/mol. The van der Waals surface area contributed by atoms with E-state index in [1.54, 1.807) is 0 Å². The Morgan fingerprint density at radius 3 is 2.44 bits per heavy atom. The third-order valence-corrected chi connectivity index (χ3v) is 1.32. The average Bonchev–Trinajstić information content (AvgIpc) is 1.59. The smallest absolute Gasteiger partial charge is 0.284 e. The number of aromatic amines is 1. The Labute approximate surface area is 67.0 Å². The first-order valence-electron chi connectivity index (χ1n) is 1.98. The second kappa shape index (κ2) is 2.57. The molecule has 0 saturated heterocycles. The summed E-state index contributed by atoms with van der Waals surface area (Å²) in [4.78, 5) is 19.9. The van der Waals surface area contributed by atoms with Gasteiger partial charge in [0.05, 0.1) is 0 Å². The molecule has 0 amide bonds. The molecule has 0 aliphatic heterocycles. The van der Waals surface area contributed by atoms with Gasteiger partial charge in [-0.3, -0.25) is 4.98 Å². The van der Waals surface area contributed by atoms with Crippen LogP contribution in [0.1, 0.15) is 0 Å².